The van der Waals surface area contributed by atoms with Crippen molar-refractivity contribution in [2.75, 3.05) is 19.6 Å². The largest absolute Gasteiger partial charge is 0.480 e. The smallest absolute Gasteiger partial charge is 0.326 e. The molecule has 7 nitrogen and oxygen atoms in total. The monoisotopic (exact) mass is 257 g/mol. The normalized spacial score (nSPS) is 29.3. The van der Waals surface area contributed by atoms with Gasteiger partial charge in [-0.2, -0.15) is 0 Å². The molecule has 2 aliphatic heterocycles. The summed E-state index contributed by atoms with van der Waals surface area (Å²) in [6.07, 6.45) is 1.05. The summed E-state index contributed by atoms with van der Waals surface area (Å²) in [5, 5.41) is 24.5. The lowest BCUT2D eigenvalue weighted by Gasteiger charge is -2.28. The zero-order chi connectivity index (χ0) is 13.1. The first-order valence-corrected chi connectivity index (χ1v) is 6.26. The van der Waals surface area contributed by atoms with Crippen LogP contribution in [0.25, 0.3) is 0 Å². The molecule has 2 saturated heterocycles. The lowest BCUT2D eigenvalue weighted by Crippen LogP contribution is -2.51. The fourth-order valence-corrected chi connectivity index (χ4v) is 2.50. The molecule has 0 spiro atoms. The number of carboxylic acids is 1. The maximum Gasteiger partial charge on any atom is 0.326 e. The standard InChI is InChI=1S/C11H19N3O4/c15-8-5-9(10(16)17)14(6-8)11(18)13-7-1-3-12-4-2-7/h7-9,12,15H,1-6H2,(H,13,18)(H,16,17). The summed E-state index contributed by atoms with van der Waals surface area (Å²) < 4.78 is 0. The molecule has 0 aliphatic carbocycles. The van der Waals surface area contributed by atoms with Crippen LogP contribution in [-0.2, 0) is 4.79 Å². The molecule has 0 aromatic carbocycles. The zero-order valence-corrected chi connectivity index (χ0v) is 10.1. The summed E-state index contributed by atoms with van der Waals surface area (Å²) in [5.74, 6) is -1.06. The van der Waals surface area contributed by atoms with E-state index >= 15 is 0 Å². The van der Waals surface area contributed by atoms with Gasteiger partial charge in [0.2, 0.25) is 0 Å². The fraction of sp³-hybridized carbons (Fsp3) is 0.818. The molecule has 0 bridgehead atoms. The second-order valence-electron chi connectivity index (χ2n) is 4.87. The van der Waals surface area contributed by atoms with Crippen molar-refractivity contribution in [1.82, 2.24) is 15.5 Å². The predicted molar refractivity (Wildman–Crippen MR) is 63.2 cm³/mol. The van der Waals surface area contributed by atoms with Gasteiger partial charge < -0.3 is 25.7 Å². The Morgan fingerprint density at radius 2 is 1.94 bits per heavy atom. The highest BCUT2D eigenvalue weighted by Crippen LogP contribution is 2.18. The summed E-state index contributed by atoms with van der Waals surface area (Å²) in [6.45, 7) is 1.81. The predicted octanol–water partition coefficient (Wildman–Crippen LogP) is -1.03. The first kappa shape index (κ1) is 13.1. The minimum atomic E-state index is -1.06. The van der Waals surface area contributed by atoms with E-state index in [1.54, 1.807) is 0 Å². The van der Waals surface area contributed by atoms with Crippen molar-refractivity contribution in [2.24, 2.45) is 0 Å². The Morgan fingerprint density at radius 3 is 2.56 bits per heavy atom. The topological polar surface area (TPSA) is 102 Å². The number of nitrogens with zero attached hydrogens (tertiary/aromatic N) is 1. The number of aliphatic hydroxyl groups excluding tert-OH is 1. The number of amides is 2. The van der Waals surface area contributed by atoms with E-state index < -0.39 is 18.1 Å². The van der Waals surface area contributed by atoms with E-state index in [-0.39, 0.29) is 25.0 Å². The van der Waals surface area contributed by atoms with Gasteiger partial charge in [-0.15, -0.1) is 0 Å². The Balaban J connectivity index is 1.92. The number of hydrogen-bond acceptors (Lipinski definition) is 4. The maximum absolute atomic E-state index is 12.0. The van der Waals surface area contributed by atoms with Gasteiger partial charge in [0.15, 0.2) is 0 Å². The van der Waals surface area contributed by atoms with Crippen LogP contribution in [0.1, 0.15) is 19.3 Å². The van der Waals surface area contributed by atoms with E-state index in [1.807, 2.05) is 0 Å². The third-order valence-corrected chi connectivity index (χ3v) is 3.49. The molecule has 2 unspecified atom stereocenters. The van der Waals surface area contributed by atoms with Crippen LogP contribution >= 0.6 is 0 Å². The highest BCUT2D eigenvalue weighted by Gasteiger charge is 2.39. The molecule has 2 aliphatic rings. The molecule has 2 heterocycles. The minimum Gasteiger partial charge on any atom is -0.480 e. The quantitative estimate of drug-likeness (QED) is 0.506. The molecule has 2 fully saturated rings. The third kappa shape index (κ3) is 2.91. The van der Waals surface area contributed by atoms with Gasteiger partial charge in [-0.25, -0.2) is 9.59 Å². The molecule has 0 aromatic rings. The van der Waals surface area contributed by atoms with E-state index in [1.165, 1.54) is 4.90 Å². The van der Waals surface area contributed by atoms with Gasteiger partial charge in [-0.05, 0) is 25.9 Å². The second kappa shape index (κ2) is 5.53. The Kier molecular flexibility index (Phi) is 4.03. The van der Waals surface area contributed by atoms with Crippen molar-refractivity contribution < 1.29 is 19.8 Å². The first-order valence-electron chi connectivity index (χ1n) is 6.26. The summed E-state index contributed by atoms with van der Waals surface area (Å²) >= 11 is 0. The van der Waals surface area contributed by atoms with Crippen molar-refractivity contribution >= 4 is 12.0 Å². The van der Waals surface area contributed by atoms with Crippen LogP contribution in [0.2, 0.25) is 0 Å². The van der Waals surface area contributed by atoms with Crippen LogP contribution in [0.4, 0.5) is 4.79 Å². The molecule has 2 atom stereocenters. The molecule has 0 saturated carbocycles. The van der Waals surface area contributed by atoms with Crippen LogP contribution in [0, 0.1) is 0 Å². The van der Waals surface area contributed by atoms with Crippen LogP contribution < -0.4 is 10.6 Å². The van der Waals surface area contributed by atoms with E-state index in [0.29, 0.717) is 0 Å². The number of nitrogens with one attached hydrogen (secondary N) is 2. The number of likely N-dealkylation sites (tertiary alicyclic amines) is 1. The number of carboxylic acid groups (broad SMARTS) is 1. The Morgan fingerprint density at radius 1 is 1.28 bits per heavy atom. The van der Waals surface area contributed by atoms with E-state index in [4.69, 9.17) is 5.11 Å². The molecule has 0 aromatic heterocycles. The fourth-order valence-electron chi connectivity index (χ4n) is 2.50. The van der Waals surface area contributed by atoms with Crippen molar-refractivity contribution in [3.8, 4) is 0 Å². The second-order valence-corrected chi connectivity index (χ2v) is 4.87. The molecular formula is C11H19N3O4. The molecular weight excluding hydrogens is 238 g/mol. The van der Waals surface area contributed by atoms with Crippen molar-refractivity contribution in [2.45, 2.75) is 37.5 Å². The molecule has 2 rings (SSSR count). The zero-order valence-electron chi connectivity index (χ0n) is 10.1. The summed E-state index contributed by atoms with van der Waals surface area (Å²) in [6, 6.07) is -1.21. The Bertz CT molecular complexity index is 330. The van der Waals surface area contributed by atoms with Crippen LogP contribution in [0.15, 0.2) is 0 Å². The summed E-state index contributed by atoms with van der Waals surface area (Å²) in [7, 11) is 0. The van der Waals surface area contributed by atoms with Gasteiger partial charge in [0.1, 0.15) is 6.04 Å². The average molecular weight is 257 g/mol. The Hall–Kier alpha value is -1.34. The Labute approximate surface area is 105 Å². The highest BCUT2D eigenvalue weighted by molar-refractivity contribution is 5.83. The van der Waals surface area contributed by atoms with Crippen molar-refractivity contribution in [3.05, 3.63) is 0 Å². The molecule has 7 heteroatoms. The highest BCUT2D eigenvalue weighted by atomic mass is 16.4. The van der Waals surface area contributed by atoms with E-state index in [2.05, 4.69) is 10.6 Å². The number of rotatable bonds is 2. The van der Waals surface area contributed by atoms with Gasteiger partial charge >= 0.3 is 12.0 Å². The number of urea groups is 1. The number of hydrogen-bond donors (Lipinski definition) is 4. The number of aliphatic hydroxyl groups is 1. The van der Waals surface area contributed by atoms with Crippen molar-refractivity contribution in [3.63, 3.8) is 0 Å². The number of β-amino-alcohol motifs (C(OH)–C–C–N with tert-alkyl or cyclic N) is 1. The average Bonchev–Trinajstić information content (AvgIpc) is 2.73. The minimum absolute atomic E-state index is 0.0888. The molecule has 2 amide bonds. The van der Waals surface area contributed by atoms with E-state index in [0.717, 1.165) is 25.9 Å². The number of piperidine rings is 1. The molecule has 18 heavy (non-hydrogen) atoms. The summed E-state index contributed by atoms with van der Waals surface area (Å²) in [5.41, 5.74) is 0. The van der Waals surface area contributed by atoms with Crippen LogP contribution in [0.5, 0.6) is 0 Å². The van der Waals surface area contributed by atoms with Gasteiger partial charge in [-0.1, -0.05) is 0 Å². The van der Waals surface area contributed by atoms with Crippen LogP contribution in [-0.4, -0.2) is 64.9 Å². The van der Waals surface area contributed by atoms with Gasteiger partial charge in [-0.3, -0.25) is 0 Å². The van der Waals surface area contributed by atoms with E-state index in [9.17, 15) is 14.7 Å². The van der Waals surface area contributed by atoms with Crippen LogP contribution in [0.3, 0.4) is 0 Å². The lowest BCUT2D eigenvalue weighted by atomic mass is 10.1. The SMILES string of the molecule is O=C(O)C1CC(O)CN1C(=O)NC1CCNCC1. The number of carbonyl (C=O) groups excluding carboxylic acids is 1. The molecule has 102 valence electrons. The third-order valence-electron chi connectivity index (χ3n) is 3.49. The maximum atomic E-state index is 12.0. The number of aliphatic carboxylic acids is 1. The number of carbonyl (C=O) groups is 2. The first-order chi connectivity index (χ1) is 8.58. The van der Waals surface area contributed by atoms with Crippen molar-refractivity contribution in [1.29, 1.82) is 0 Å². The lowest BCUT2D eigenvalue weighted by molar-refractivity contribution is -0.141. The van der Waals surface area contributed by atoms with Gasteiger partial charge in [0.05, 0.1) is 6.10 Å². The molecule has 0 radical (unpaired) electrons. The van der Waals surface area contributed by atoms with Gasteiger partial charge in [0, 0.05) is 19.0 Å². The van der Waals surface area contributed by atoms with Gasteiger partial charge in [0.25, 0.3) is 0 Å². The summed E-state index contributed by atoms with van der Waals surface area (Å²) in [4.78, 5) is 24.2. The molecule has 4 N–H and O–H groups in total.